The highest BCUT2D eigenvalue weighted by Gasteiger charge is 2.31. The monoisotopic (exact) mass is 294 g/mol. The van der Waals surface area contributed by atoms with Gasteiger partial charge in [0.25, 0.3) is 0 Å². The molecule has 1 aromatic carbocycles. The van der Waals surface area contributed by atoms with Gasteiger partial charge >= 0.3 is 0 Å². The fourth-order valence-corrected chi connectivity index (χ4v) is 3.69. The van der Waals surface area contributed by atoms with Gasteiger partial charge in [0, 0.05) is 0 Å². The Bertz CT molecular complexity index is 430. The molecule has 1 aromatic rings. The average Bonchev–Trinajstić information content (AvgIpc) is 2.91. The van der Waals surface area contributed by atoms with Crippen LogP contribution in [0.3, 0.4) is 0 Å². The van der Waals surface area contributed by atoms with E-state index in [1.807, 2.05) is 0 Å². The number of ether oxygens (including phenoxy) is 1. The molecule has 1 heterocycles. The van der Waals surface area contributed by atoms with Crippen molar-refractivity contribution >= 4 is 11.6 Å². The number of aryl methyl sites for hydroxylation is 3. The normalized spacial score (nSPS) is 24.1. The molecule has 112 valence electrons. The summed E-state index contributed by atoms with van der Waals surface area (Å²) in [6, 6.07) is 4.67. The van der Waals surface area contributed by atoms with Crippen LogP contribution in [0, 0.1) is 0 Å². The van der Waals surface area contributed by atoms with Gasteiger partial charge in [-0.3, -0.25) is 0 Å². The van der Waals surface area contributed by atoms with Crippen LogP contribution in [0.15, 0.2) is 12.1 Å². The van der Waals surface area contributed by atoms with Crippen LogP contribution in [0.5, 0.6) is 0 Å². The summed E-state index contributed by atoms with van der Waals surface area (Å²) in [5.74, 6) is 0. The van der Waals surface area contributed by atoms with Gasteiger partial charge in [0.05, 0.1) is 17.6 Å². The first-order chi connectivity index (χ1) is 9.60. The molecule has 1 nitrogen and oxygen atoms in total. The highest BCUT2D eigenvalue weighted by molar-refractivity contribution is 6.21. The molecule has 2 heteroatoms. The molecule has 20 heavy (non-hydrogen) atoms. The van der Waals surface area contributed by atoms with Crippen molar-refractivity contribution in [3.8, 4) is 0 Å². The van der Waals surface area contributed by atoms with Crippen molar-refractivity contribution in [2.24, 2.45) is 0 Å². The second-order valence-corrected chi connectivity index (χ2v) is 6.32. The van der Waals surface area contributed by atoms with E-state index < -0.39 is 0 Å². The van der Waals surface area contributed by atoms with Gasteiger partial charge in [0.15, 0.2) is 0 Å². The van der Waals surface area contributed by atoms with E-state index in [9.17, 15) is 0 Å². The first kappa shape index (κ1) is 15.9. The number of alkyl halides is 1. The van der Waals surface area contributed by atoms with Gasteiger partial charge in [-0.15, -0.1) is 11.6 Å². The molecule has 0 spiro atoms. The standard InChI is InChI=1S/C18H27ClO/c1-5-13-10-14(6-2)17(15(7-3)11-13)18(19)16-9-8-12(4)20-16/h10-12,16,18H,5-9H2,1-4H3. The Morgan fingerprint density at radius 1 is 1.10 bits per heavy atom. The second kappa shape index (κ2) is 6.95. The van der Waals surface area contributed by atoms with Crippen LogP contribution >= 0.6 is 11.6 Å². The zero-order chi connectivity index (χ0) is 14.7. The molecule has 0 aliphatic carbocycles. The number of halogens is 1. The van der Waals surface area contributed by atoms with Gasteiger partial charge < -0.3 is 4.74 Å². The molecule has 0 aromatic heterocycles. The van der Waals surface area contributed by atoms with E-state index >= 15 is 0 Å². The summed E-state index contributed by atoms with van der Waals surface area (Å²) in [7, 11) is 0. The molecule has 0 saturated carbocycles. The van der Waals surface area contributed by atoms with E-state index in [-0.39, 0.29) is 11.5 Å². The van der Waals surface area contributed by atoms with Crippen molar-refractivity contribution in [3.63, 3.8) is 0 Å². The third kappa shape index (κ3) is 3.20. The molecule has 1 aliphatic rings. The van der Waals surface area contributed by atoms with Gasteiger partial charge in [-0.05, 0) is 61.3 Å². The minimum absolute atomic E-state index is 0.00393. The first-order valence-electron chi connectivity index (χ1n) is 8.04. The van der Waals surface area contributed by atoms with E-state index in [0.717, 1.165) is 32.1 Å². The van der Waals surface area contributed by atoms with Crippen molar-refractivity contribution < 1.29 is 4.74 Å². The van der Waals surface area contributed by atoms with Crippen LogP contribution in [-0.2, 0) is 24.0 Å². The van der Waals surface area contributed by atoms with Gasteiger partial charge in [0.1, 0.15) is 0 Å². The maximum Gasteiger partial charge on any atom is 0.0852 e. The fourth-order valence-electron chi connectivity index (χ4n) is 3.23. The zero-order valence-electron chi connectivity index (χ0n) is 13.2. The molecule has 2 rings (SSSR count). The number of hydrogen-bond donors (Lipinski definition) is 0. The van der Waals surface area contributed by atoms with E-state index in [2.05, 4.69) is 39.8 Å². The Morgan fingerprint density at radius 3 is 2.10 bits per heavy atom. The van der Waals surface area contributed by atoms with Crippen molar-refractivity contribution in [2.45, 2.75) is 77.4 Å². The summed E-state index contributed by atoms with van der Waals surface area (Å²) >= 11 is 6.82. The molecule has 0 amide bonds. The van der Waals surface area contributed by atoms with Crippen molar-refractivity contribution in [3.05, 3.63) is 34.4 Å². The van der Waals surface area contributed by atoms with Crippen LogP contribution < -0.4 is 0 Å². The lowest BCUT2D eigenvalue weighted by Crippen LogP contribution is -2.18. The molecule has 1 aliphatic heterocycles. The molecular formula is C18H27ClO. The Hall–Kier alpha value is -0.530. The van der Waals surface area contributed by atoms with Crippen LogP contribution in [0.1, 0.15) is 68.2 Å². The first-order valence-corrected chi connectivity index (χ1v) is 8.48. The average molecular weight is 295 g/mol. The quantitative estimate of drug-likeness (QED) is 0.676. The third-order valence-electron chi connectivity index (χ3n) is 4.45. The summed E-state index contributed by atoms with van der Waals surface area (Å²) in [6.45, 7) is 8.80. The molecule has 1 saturated heterocycles. The molecule has 0 radical (unpaired) electrons. The molecule has 0 bridgehead atoms. The topological polar surface area (TPSA) is 9.23 Å². The Labute approximate surface area is 128 Å². The van der Waals surface area contributed by atoms with Gasteiger partial charge in [0.2, 0.25) is 0 Å². The Kier molecular flexibility index (Phi) is 5.51. The predicted molar refractivity (Wildman–Crippen MR) is 86.7 cm³/mol. The largest absolute Gasteiger partial charge is 0.373 e. The van der Waals surface area contributed by atoms with E-state index in [1.54, 1.807) is 0 Å². The highest BCUT2D eigenvalue weighted by Crippen LogP contribution is 2.38. The number of hydrogen-bond acceptors (Lipinski definition) is 1. The number of benzene rings is 1. The minimum Gasteiger partial charge on any atom is -0.373 e. The second-order valence-electron chi connectivity index (χ2n) is 5.85. The SMILES string of the molecule is CCc1cc(CC)c(C(Cl)C2CCC(C)O2)c(CC)c1. The van der Waals surface area contributed by atoms with Crippen molar-refractivity contribution in [1.29, 1.82) is 0 Å². The predicted octanol–water partition coefficient (Wildman–Crippen LogP) is 5.22. The summed E-state index contributed by atoms with van der Waals surface area (Å²) < 4.78 is 6.00. The lowest BCUT2D eigenvalue weighted by molar-refractivity contribution is 0.0531. The minimum atomic E-state index is -0.00393. The smallest absolute Gasteiger partial charge is 0.0852 e. The summed E-state index contributed by atoms with van der Waals surface area (Å²) in [4.78, 5) is 0. The summed E-state index contributed by atoms with van der Waals surface area (Å²) in [6.07, 6.45) is 5.91. The highest BCUT2D eigenvalue weighted by atomic mass is 35.5. The molecular weight excluding hydrogens is 268 g/mol. The number of rotatable bonds is 5. The molecule has 1 fully saturated rings. The van der Waals surface area contributed by atoms with Gasteiger partial charge in [-0.1, -0.05) is 32.9 Å². The zero-order valence-corrected chi connectivity index (χ0v) is 14.0. The van der Waals surface area contributed by atoms with E-state index in [0.29, 0.717) is 6.10 Å². The molecule has 3 atom stereocenters. The van der Waals surface area contributed by atoms with Crippen LogP contribution in [-0.4, -0.2) is 12.2 Å². The Balaban J connectivity index is 2.38. The maximum atomic E-state index is 6.82. The Morgan fingerprint density at radius 2 is 1.70 bits per heavy atom. The fraction of sp³-hybridized carbons (Fsp3) is 0.667. The van der Waals surface area contributed by atoms with E-state index in [4.69, 9.17) is 16.3 Å². The summed E-state index contributed by atoms with van der Waals surface area (Å²) in [5.41, 5.74) is 5.58. The van der Waals surface area contributed by atoms with Crippen molar-refractivity contribution in [2.75, 3.05) is 0 Å². The molecule has 0 N–H and O–H groups in total. The van der Waals surface area contributed by atoms with Crippen LogP contribution in [0.25, 0.3) is 0 Å². The lowest BCUT2D eigenvalue weighted by Gasteiger charge is -2.24. The summed E-state index contributed by atoms with van der Waals surface area (Å²) in [5, 5.41) is -0.00393. The van der Waals surface area contributed by atoms with Crippen LogP contribution in [0.2, 0.25) is 0 Å². The lowest BCUT2D eigenvalue weighted by atomic mass is 9.89. The van der Waals surface area contributed by atoms with Crippen LogP contribution in [0.4, 0.5) is 0 Å². The van der Waals surface area contributed by atoms with E-state index in [1.165, 1.54) is 22.3 Å². The third-order valence-corrected chi connectivity index (χ3v) is 4.95. The van der Waals surface area contributed by atoms with Crippen molar-refractivity contribution in [1.82, 2.24) is 0 Å². The maximum absolute atomic E-state index is 6.82. The van der Waals surface area contributed by atoms with Gasteiger partial charge in [-0.25, -0.2) is 0 Å². The molecule has 3 unspecified atom stereocenters. The van der Waals surface area contributed by atoms with Gasteiger partial charge in [-0.2, -0.15) is 0 Å².